The summed E-state index contributed by atoms with van der Waals surface area (Å²) >= 11 is 1.55. The van der Waals surface area contributed by atoms with E-state index in [1.54, 1.807) is 11.8 Å². The molecule has 2 aromatic carbocycles. The molecule has 0 spiro atoms. The minimum Gasteiger partial charge on any atom is -0.383 e. The Bertz CT molecular complexity index is 701. The summed E-state index contributed by atoms with van der Waals surface area (Å²) in [5.74, 6) is -0.136. The summed E-state index contributed by atoms with van der Waals surface area (Å²) < 4.78 is 0. The van der Waals surface area contributed by atoms with Crippen LogP contribution in [0, 0.1) is 0 Å². The highest BCUT2D eigenvalue weighted by molar-refractivity contribution is 7.98. The second kappa shape index (κ2) is 6.15. The maximum atomic E-state index is 12.4. The van der Waals surface area contributed by atoms with Crippen LogP contribution in [0.3, 0.4) is 0 Å². The lowest BCUT2D eigenvalue weighted by Crippen LogP contribution is -2.39. The molecule has 0 unspecified atom stereocenters. The fraction of sp³-hybridized carbons (Fsp3) is 0.278. The van der Waals surface area contributed by atoms with E-state index in [-0.39, 0.29) is 12.5 Å². The Hall–Kier alpha value is -1.78. The van der Waals surface area contributed by atoms with Gasteiger partial charge in [0, 0.05) is 4.90 Å². The van der Waals surface area contributed by atoms with Gasteiger partial charge in [0.1, 0.15) is 5.60 Å². The van der Waals surface area contributed by atoms with Crippen molar-refractivity contribution in [3.63, 3.8) is 0 Å². The third-order valence-corrected chi connectivity index (χ3v) is 5.02. The largest absolute Gasteiger partial charge is 0.383 e. The van der Waals surface area contributed by atoms with Crippen molar-refractivity contribution < 1.29 is 9.90 Å². The predicted octanol–water partition coefficient (Wildman–Crippen LogP) is 2.97. The van der Waals surface area contributed by atoms with E-state index in [1.165, 1.54) is 5.56 Å². The second-order valence-corrected chi connectivity index (χ2v) is 6.42. The number of fused-ring (bicyclic) bond motifs is 1. The Morgan fingerprint density at radius 2 is 1.95 bits per heavy atom. The molecular weight excluding hydrogens is 294 g/mol. The molecule has 1 aliphatic carbocycles. The van der Waals surface area contributed by atoms with Crippen molar-refractivity contribution in [3.8, 4) is 0 Å². The van der Waals surface area contributed by atoms with Crippen LogP contribution in [0.1, 0.15) is 27.9 Å². The van der Waals surface area contributed by atoms with E-state index < -0.39 is 5.60 Å². The first-order valence-corrected chi connectivity index (χ1v) is 8.58. The van der Waals surface area contributed by atoms with Gasteiger partial charge in [0.15, 0.2) is 0 Å². The van der Waals surface area contributed by atoms with Crippen molar-refractivity contribution in [2.75, 3.05) is 12.8 Å². The highest BCUT2D eigenvalue weighted by Gasteiger charge is 2.36. The quantitative estimate of drug-likeness (QED) is 0.853. The van der Waals surface area contributed by atoms with E-state index in [0.717, 1.165) is 16.9 Å². The lowest BCUT2D eigenvalue weighted by molar-refractivity contribution is 0.0369. The predicted molar refractivity (Wildman–Crippen MR) is 89.2 cm³/mol. The lowest BCUT2D eigenvalue weighted by atomic mass is 9.96. The number of amides is 1. The van der Waals surface area contributed by atoms with Crippen LogP contribution in [0.15, 0.2) is 53.4 Å². The van der Waals surface area contributed by atoms with Crippen LogP contribution in [0.2, 0.25) is 0 Å². The number of carbonyl (C=O) groups excluding carboxylic acids is 1. The topological polar surface area (TPSA) is 49.3 Å². The fourth-order valence-electron chi connectivity index (χ4n) is 3.01. The second-order valence-electron chi connectivity index (χ2n) is 5.57. The molecule has 1 aliphatic rings. The van der Waals surface area contributed by atoms with E-state index in [9.17, 15) is 9.90 Å². The van der Waals surface area contributed by atoms with Gasteiger partial charge in [-0.25, -0.2) is 0 Å². The van der Waals surface area contributed by atoms with E-state index in [1.807, 2.05) is 54.8 Å². The molecule has 22 heavy (non-hydrogen) atoms. The van der Waals surface area contributed by atoms with E-state index in [4.69, 9.17) is 0 Å². The number of aryl methyl sites for hydroxylation is 1. The SMILES string of the molecule is CSc1ccccc1C(=O)NC[C@@]1(O)CCc2ccccc21. The molecule has 0 aliphatic heterocycles. The Morgan fingerprint density at radius 1 is 1.23 bits per heavy atom. The third-order valence-electron chi connectivity index (χ3n) is 4.22. The van der Waals surface area contributed by atoms with Crippen LogP contribution < -0.4 is 5.32 Å². The number of benzene rings is 2. The van der Waals surface area contributed by atoms with Gasteiger partial charge in [-0.3, -0.25) is 4.79 Å². The van der Waals surface area contributed by atoms with E-state index in [2.05, 4.69) is 5.32 Å². The van der Waals surface area contributed by atoms with Crippen molar-refractivity contribution in [3.05, 3.63) is 65.2 Å². The Morgan fingerprint density at radius 3 is 2.77 bits per heavy atom. The van der Waals surface area contributed by atoms with Gasteiger partial charge in [-0.1, -0.05) is 36.4 Å². The number of thioether (sulfide) groups is 1. The number of hydrogen-bond donors (Lipinski definition) is 2. The molecule has 0 heterocycles. The van der Waals surface area contributed by atoms with Gasteiger partial charge in [0.05, 0.1) is 12.1 Å². The van der Waals surface area contributed by atoms with Gasteiger partial charge in [0.2, 0.25) is 0 Å². The maximum absolute atomic E-state index is 12.4. The van der Waals surface area contributed by atoms with Gasteiger partial charge in [-0.05, 0) is 42.4 Å². The van der Waals surface area contributed by atoms with E-state index in [0.29, 0.717) is 12.0 Å². The maximum Gasteiger partial charge on any atom is 0.252 e. The monoisotopic (exact) mass is 313 g/mol. The first-order chi connectivity index (χ1) is 10.6. The Kier molecular flexibility index (Phi) is 4.23. The minimum atomic E-state index is -0.958. The first-order valence-electron chi connectivity index (χ1n) is 7.36. The van der Waals surface area contributed by atoms with Gasteiger partial charge >= 0.3 is 0 Å². The number of hydrogen-bond acceptors (Lipinski definition) is 3. The standard InChI is InChI=1S/C18H19NO2S/c1-22-16-9-5-3-7-14(16)17(20)19-12-18(21)11-10-13-6-2-4-8-15(13)18/h2-9,21H,10-12H2,1H3,(H,19,20)/t18-/m0/s1. The molecule has 2 aromatic rings. The molecular formula is C18H19NO2S. The number of aliphatic hydroxyl groups is 1. The number of carbonyl (C=O) groups is 1. The minimum absolute atomic E-state index is 0.136. The van der Waals surface area contributed by atoms with E-state index >= 15 is 0 Å². The van der Waals surface area contributed by atoms with Crippen molar-refractivity contribution in [2.45, 2.75) is 23.3 Å². The first kappa shape index (κ1) is 15.1. The summed E-state index contributed by atoms with van der Waals surface area (Å²) in [6, 6.07) is 15.4. The normalized spacial score (nSPS) is 19.7. The van der Waals surface area contributed by atoms with Crippen molar-refractivity contribution in [2.24, 2.45) is 0 Å². The molecule has 0 fully saturated rings. The van der Waals surface area contributed by atoms with Crippen LogP contribution >= 0.6 is 11.8 Å². The molecule has 0 bridgehead atoms. The zero-order valence-corrected chi connectivity index (χ0v) is 13.3. The molecule has 1 amide bonds. The molecule has 2 N–H and O–H groups in total. The average Bonchev–Trinajstić information content (AvgIpc) is 2.91. The zero-order valence-electron chi connectivity index (χ0n) is 12.5. The summed E-state index contributed by atoms with van der Waals surface area (Å²) in [6.07, 6.45) is 3.45. The molecule has 4 heteroatoms. The smallest absolute Gasteiger partial charge is 0.252 e. The summed E-state index contributed by atoms with van der Waals surface area (Å²) in [5.41, 5.74) is 1.81. The summed E-state index contributed by atoms with van der Waals surface area (Å²) in [4.78, 5) is 13.3. The summed E-state index contributed by atoms with van der Waals surface area (Å²) in [7, 11) is 0. The molecule has 3 nitrogen and oxygen atoms in total. The van der Waals surface area contributed by atoms with Gasteiger partial charge in [-0.2, -0.15) is 0 Å². The average molecular weight is 313 g/mol. The molecule has 0 saturated carbocycles. The lowest BCUT2D eigenvalue weighted by Gasteiger charge is -2.24. The van der Waals surface area contributed by atoms with Gasteiger partial charge in [0.25, 0.3) is 5.91 Å². The van der Waals surface area contributed by atoms with Crippen LogP contribution in [0.5, 0.6) is 0 Å². The zero-order chi connectivity index (χ0) is 15.6. The van der Waals surface area contributed by atoms with Crippen LogP contribution in [0.25, 0.3) is 0 Å². The van der Waals surface area contributed by atoms with Crippen LogP contribution in [-0.4, -0.2) is 23.8 Å². The van der Waals surface area contributed by atoms with Crippen LogP contribution in [0.4, 0.5) is 0 Å². The number of rotatable bonds is 4. The molecule has 0 saturated heterocycles. The third kappa shape index (κ3) is 2.76. The Labute approximate surface area is 134 Å². The molecule has 1 atom stereocenters. The fourth-order valence-corrected chi connectivity index (χ4v) is 3.60. The highest BCUT2D eigenvalue weighted by Crippen LogP contribution is 2.36. The van der Waals surface area contributed by atoms with Crippen molar-refractivity contribution in [1.82, 2.24) is 5.32 Å². The summed E-state index contributed by atoms with van der Waals surface area (Å²) in [6.45, 7) is 0.242. The highest BCUT2D eigenvalue weighted by atomic mass is 32.2. The molecule has 3 rings (SSSR count). The summed E-state index contributed by atoms with van der Waals surface area (Å²) in [5, 5.41) is 13.7. The molecule has 0 radical (unpaired) electrons. The van der Waals surface area contributed by atoms with Crippen molar-refractivity contribution in [1.29, 1.82) is 0 Å². The number of nitrogens with one attached hydrogen (secondary N) is 1. The van der Waals surface area contributed by atoms with Gasteiger partial charge in [-0.15, -0.1) is 11.8 Å². The van der Waals surface area contributed by atoms with Crippen LogP contribution in [-0.2, 0) is 12.0 Å². The molecule has 114 valence electrons. The molecule has 0 aromatic heterocycles. The van der Waals surface area contributed by atoms with Crippen molar-refractivity contribution >= 4 is 17.7 Å². The van der Waals surface area contributed by atoms with Gasteiger partial charge < -0.3 is 10.4 Å². The Balaban J connectivity index is 1.74.